The average molecular weight is 103 g/mol. The molecule has 0 bridgehead atoms. The van der Waals surface area contributed by atoms with Crippen molar-refractivity contribution in [1.29, 1.82) is 0 Å². The van der Waals surface area contributed by atoms with E-state index < -0.39 is 0 Å². The van der Waals surface area contributed by atoms with Gasteiger partial charge in [0.25, 0.3) is 0 Å². The van der Waals surface area contributed by atoms with Crippen LogP contribution in [0, 0.1) is 5.21 Å². The number of nitrogens with two attached hydrogens (primary N) is 1. The van der Waals surface area contributed by atoms with Gasteiger partial charge in [-0.25, -0.2) is 0 Å². The van der Waals surface area contributed by atoms with Crippen LogP contribution in [0.25, 0.3) is 0 Å². The van der Waals surface area contributed by atoms with E-state index >= 15 is 0 Å². The van der Waals surface area contributed by atoms with Crippen LogP contribution in [0.4, 0.5) is 0 Å². The van der Waals surface area contributed by atoms with Crippen molar-refractivity contribution in [1.82, 2.24) is 0 Å². The molecule has 2 N–H and O–H groups in total. The molecule has 1 rings (SSSR count). The van der Waals surface area contributed by atoms with Crippen molar-refractivity contribution in [2.24, 2.45) is 0 Å². The predicted molar refractivity (Wildman–Crippen MR) is 20.4 cm³/mol. The van der Waals surface area contributed by atoms with E-state index in [2.05, 4.69) is 9.47 Å². The van der Waals surface area contributed by atoms with Gasteiger partial charge < -0.3 is 20.2 Å². The lowest BCUT2D eigenvalue weighted by molar-refractivity contribution is -0.565. The average Bonchev–Trinajstić information content (AvgIpc) is 2.14. The minimum absolute atomic E-state index is 0.175. The van der Waals surface area contributed by atoms with Crippen LogP contribution in [-0.4, -0.2) is 6.79 Å². The van der Waals surface area contributed by atoms with Crippen molar-refractivity contribution in [2.75, 3.05) is 6.79 Å². The van der Waals surface area contributed by atoms with E-state index in [0.29, 0.717) is 5.48 Å². The Morgan fingerprint density at radius 2 is 2.71 bits per heavy atom. The van der Waals surface area contributed by atoms with Crippen molar-refractivity contribution in [2.45, 2.75) is 0 Å². The molecule has 0 aromatic rings. The molecule has 0 unspecified atom stereocenters. The number of ether oxygens (including phenoxy) is 2. The second-order valence-corrected chi connectivity index (χ2v) is 1.07. The standard InChI is InChI=1S/C3H5NO3/c5-4-3-1-6-2-7-3/h1H,2,4H2. The number of hydrogen-bond acceptors (Lipinski definition) is 3. The maximum Gasteiger partial charge on any atom is 0.327 e. The summed E-state index contributed by atoms with van der Waals surface area (Å²) in [6.07, 6.45) is 1.28. The molecule has 0 fully saturated rings. The third kappa shape index (κ3) is 0.819. The first-order valence-corrected chi connectivity index (χ1v) is 1.83. The first-order valence-electron chi connectivity index (χ1n) is 1.83. The summed E-state index contributed by atoms with van der Waals surface area (Å²) in [7, 11) is 0. The lowest BCUT2D eigenvalue weighted by Gasteiger charge is -1.96. The molecule has 1 aliphatic heterocycles. The smallest absolute Gasteiger partial charge is 0.327 e. The van der Waals surface area contributed by atoms with Crippen molar-refractivity contribution >= 4 is 0 Å². The molecule has 0 spiro atoms. The van der Waals surface area contributed by atoms with Gasteiger partial charge in [0.2, 0.25) is 6.79 Å². The van der Waals surface area contributed by atoms with Gasteiger partial charge in [-0.1, -0.05) is 0 Å². The van der Waals surface area contributed by atoms with Crippen LogP contribution < -0.4 is 5.48 Å². The molecule has 1 aliphatic rings. The molecule has 0 amide bonds. The summed E-state index contributed by atoms with van der Waals surface area (Å²) in [5.74, 6) is 0.264. The Balaban J connectivity index is 2.36. The van der Waals surface area contributed by atoms with Gasteiger partial charge in [-0.3, -0.25) is 0 Å². The molecule has 7 heavy (non-hydrogen) atoms. The molecule has 0 aromatic heterocycles. The monoisotopic (exact) mass is 103 g/mol. The fourth-order valence-corrected chi connectivity index (χ4v) is 0.314. The lowest BCUT2D eigenvalue weighted by atomic mass is 10.9. The highest BCUT2D eigenvalue weighted by Crippen LogP contribution is 1.95. The third-order valence-corrected chi connectivity index (χ3v) is 0.609. The predicted octanol–water partition coefficient (Wildman–Crippen LogP) is -1.15. The minimum Gasteiger partial charge on any atom is -0.628 e. The topological polar surface area (TPSA) is 58.1 Å². The zero-order chi connectivity index (χ0) is 5.11. The second kappa shape index (κ2) is 1.81. The summed E-state index contributed by atoms with van der Waals surface area (Å²) >= 11 is 0. The summed E-state index contributed by atoms with van der Waals surface area (Å²) in [4.78, 5) is 0. The van der Waals surface area contributed by atoms with Gasteiger partial charge in [0.1, 0.15) is 0 Å². The molecule has 0 saturated heterocycles. The van der Waals surface area contributed by atoms with Crippen LogP contribution in [0.15, 0.2) is 12.1 Å². The van der Waals surface area contributed by atoms with Crippen LogP contribution in [0.2, 0.25) is 0 Å². The van der Waals surface area contributed by atoms with Crippen LogP contribution in [-0.2, 0) is 9.47 Å². The molecule has 4 nitrogen and oxygen atoms in total. The Morgan fingerprint density at radius 1 is 1.86 bits per heavy atom. The van der Waals surface area contributed by atoms with E-state index in [4.69, 9.17) is 0 Å². The maximum absolute atomic E-state index is 9.73. The van der Waals surface area contributed by atoms with E-state index in [1.165, 1.54) is 6.26 Å². The summed E-state index contributed by atoms with van der Waals surface area (Å²) in [6.45, 7) is 0.175. The summed E-state index contributed by atoms with van der Waals surface area (Å²) in [5, 5.41) is 9.73. The van der Waals surface area contributed by atoms with Crippen LogP contribution in [0.1, 0.15) is 0 Å². The number of quaternary nitrogens is 1. The van der Waals surface area contributed by atoms with Crippen molar-refractivity contribution < 1.29 is 15.0 Å². The highest BCUT2D eigenvalue weighted by Gasteiger charge is 2.03. The van der Waals surface area contributed by atoms with Gasteiger partial charge >= 0.3 is 5.88 Å². The Hall–Kier alpha value is -0.740. The van der Waals surface area contributed by atoms with Crippen LogP contribution in [0.3, 0.4) is 0 Å². The van der Waals surface area contributed by atoms with E-state index in [1.54, 1.807) is 0 Å². The normalized spacial score (nSPS) is 17.6. The zero-order valence-electron chi connectivity index (χ0n) is 3.59. The SMILES string of the molecule is [O-][NH2+]C1=COCO1. The van der Waals surface area contributed by atoms with Crippen LogP contribution >= 0.6 is 0 Å². The highest BCUT2D eigenvalue weighted by atomic mass is 16.7. The van der Waals surface area contributed by atoms with Crippen molar-refractivity contribution in [3.63, 3.8) is 0 Å². The van der Waals surface area contributed by atoms with E-state index in [0.717, 1.165) is 0 Å². The van der Waals surface area contributed by atoms with Crippen molar-refractivity contribution in [3.05, 3.63) is 17.4 Å². The first-order chi connectivity index (χ1) is 3.43. The zero-order valence-corrected chi connectivity index (χ0v) is 3.59. The molecule has 0 aliphatic carbocycles. The fourth-order valence-electron chi connectivity index (χ4n) is 0.314. The van der Waals surface area contributed by atoms with E-state index in [1.807, 2.05) is 0 Å². The molecule has 0 saturated carbocycles. The Kier molecular flexibility index (Phi) is 1.14. The van der Waals surface area contributed by atoms with E-state index in [9.17, 15) is 5.21 Å². The number of rotatable bonds is 1. The highest BCUT2D eigenvalue weighted by molar-refractivity contribution is 4.74. The van der Waals surface area contributed by atoms with Gasteiger partial charge in [0.15, 0.2) is 6.26 Å². The molecule has 0 radical (unpaired) electrons. The van der Waals surface area contributed by atoms with Gasteiger partial charge in [0.05, 0.1) is 0 Å². The summed E-state index contributed by atoms with van der Waals surface area (Å²) in [6, 6.07) is 0. The van der Waals surface area contributed by atoms with Crippen molar-refractivity contribution in [3.8, 4) is 0 Å². The number of hydroxylamine groups is 1. The summed E-state index contributed by atoms with van der Waals surface area (Å²) < 4.78 is 9.11. The third-order valence-electron chi connectivity index (χ3n) is 0.609. The molecule has 40 valence electrons. The molecule has 0 aromatic carbocycles. The molecule has 0 atom stereocenters. The van der Waals surface area contributed by atoms with Gasteiger partial charge in [-0.15, -0.1) is 0 Å². The first kappa shape index (κ1) is 4.42. The van der Waals surface area contributed by atoms with Gasteiger partial charge in [-0.05, 0) is 0 Å². The Bertz CT molecular complexity index is 90.2. The van der Waals surface area contributed by atoms with Gasteiger partial charge in [-0.2, -0.15) is 0 Å². The number of hydrogen-bond donors (Lipinski definition) is 1. The lowest BCUT2D eigenvalue weighted by Crippen LogP contribution is -2.75. The van der Waals surface area contributed by atoms with Crippen LogP contribution in [0.5, 0.6) is 0 Å². The minimum atomic E-state index is 0.175. The Labute approximate surface area is 40.3 Å². The molecule has 4 heteroatoms. The van der Waals surface area contributed by atoms with E-state index in [-0.39, 0.29) is 12.7 Å². The molecular formula is C3H5NO3. The maximum atomic E-state index is 9.73. The molecular weight excluding hydrogens is 98.0 g/mol. The largest absolute Gasteiger partial charge is 0.628 e. The second-order valence-electron chi connectivity index (χ2n) is 1.07. The summed E-state index contributed by atoms with van der Waals surface area (Å²) in [5.41, 5.74) is 0.604. The quantitative estimate of drug-likeness (QED) is 0.426. The van der Waals surface area contributed by atoms with Gasteiger partial charge in [0, 0.05) is 0 Å². The molecule has 1 heterocycles. The Morgan fingerprint density at radius 3 is 3.00 bits per heavy atom. The fraction of sp³-hybridized carbons (Fsp3) is 0.333.